The van der Waals surface area contributed by atoms with E-state index in [0.717, 1.165) is 25.2 Å². The zero-order valence-corrected chi connectivity index (χ0v) is 16.4. The van der Waals surface area contributed by atoms with E-state index >= 15 is 0 Å². The summed E-state index contributed by atoms with van der Waals surface area (Å²) >= 11 is 0. The average molecular weight is 369 g/mol. The third kappa shape index (κ3) is 5.82. The van der Waals surface area contributed by atoms with Crippen LogP contribution in [0, 0.1) is 0 Å². The molecular weight excluding hydrogens is 336 g/mol. The van der Waals surface area contributed by atoms with Crippen LogP contribution in [-0.4, -0.2) is 41.0 Å². The predicted octanol–water partition coefficient (Wildman–Crippen LogP) is 4.04. The van der Waals surface area contributed by atoms with Crippen LogP contribution in [0.1, 0.15) is 44.6 Å². The maximum atomic E-state index is 6.28. The quantitative estimate of drug-likeness (QED) is 0.620. The lowest BCUT2D eigenvalue weighted by molar-refractivity contribution is 0.237. The van der Waals surface area contributed by atoms with Crippen molar-refractivity contribution in [3.8, 4) is 0 Å². The summed E-state index contributed by atoms with van der Waals surface area (Å²) in [5.74, 6) is 1.34. The first-order valence-corrected chi connectivity index (χ1v) is 10.2. The first-order chi connectivity index (χ1) is 13.3. The lowest BCUT2D eigenvalue weighted by Gasteiger charge is -2.26. The van der Waals surface area contributed by atoms with Crippen molar-refractivity contribution in [3.05, 3.63) is 36.2 Å². The lowest BCUT2D eigenvalue weighted by Crippen LogP contribution is -2.33. The second-order valence-corrected chi connectivity index (χ2v) is 7.24. The Bertz CT molecular complexity index is 694. The van der Waals surface area contributed by atoms with Gasteiger partial charge in [0.25, 0.3) is 0 Å². The minimum absolute atomic E-state index is 0.561. The van der Waals surface area contributed by atoms with Gasteiger partial charge in [-0.05, 0) is 56.5 Å². The van der Waals surface area contributed by atoms with Crippen molar-refractivity contribution < 1.29 is 0 Å². The fourth-order valence-corrected chi connectivity index (χ4v) is 3.42. The molecule has 2 heterocycles. The molecule has 6 heteroatoms. The molecule has 0 saturated carbocycles. The molecule has 0 atom stereocenters. The molecule has 0 unspecified atom stereocenters. The molecule has 6 nitrogen and oxygen atoms in total. The van der Waals surface area contributed by atoms with Gasteiger partial charge in [-0.3, -0.25) is 0 Å². The van der Waals surface area contributed by atoms with E-state index in [9.17, 15) is 0 Å². The summed E-state index contributed by atoms with van der Waals surface area (Å²) in [5.41, 5.74) is 9.19. The van der Waals surface area contributed by atoms with Crippen LogP contribution in [0.25, 0.3) is 0 Å². The van der Waals surface area contributed by atoms with Gasteiger partial charge in [-0.25, -0.2) is 9.97 Å². The Labute approximate surface area is 162 Å². The number of rotatable bonds is 9. The number of nitrogen functional groups attached to an aromatic ring is 1. The molecule has 1 aromatic heterocycles. The number of benzene rings is 1. The Balaban J connectivity index is 1.55. The van der Waals surface area contributed by atoms with Gasteiger partial charge in [0.05, 0.1) is 0 Å². The topological polar surface area (TPSA) is 79.1 Å². The fraction of sp³-hybridized carbons (Fsp3) is 0.524. The number of unbranched alkanes of at least 4 members (excludes halogenated alkanes) is 1. The van der Waals surface area contributed by atoms with E-state index in [2.05, 4.69) is 56.7 Å². The molecule has 27 heavy (non-hydrogen) atoms. The van der Waals surface area contributed by atoms with E-state index in [4.69, 9.17) is 5.73 Å². The van der Waals surface area contributed by atoms with Crippen molar-refractivity contribution >= 4 is 23.0 Å². The van der Waals surface area contributed by atoms with Gasteiger partial charge in [0.15, 0.2) is 11.6 Å². The number of nitrogens with one attached hydrogen (secondary N) is 2. The van der Waals surface area contributed by atoms with Crippen LogP contribution in [0.5, 0.6) is 0 Å². The van der Waals surface area contributed by atoms with Crippen LogP contribution < -0.4 is 16.4 Å². The van der Waals surface area contributed by atoms with Gasteiger partial charge in [-0.15, -0.1) is 0 Å². The van der Waals surface area contributed by atoms with Gasteiger partial charge in [0.2, 0.25) is 0 Å². The summed E-state index contributed by atoms with van der Waals surface area (Å²) in [5, 5.41) is 6.67. The van der Waals surface area contributed by atoms with E-state index in [0.29, 0.717) is 17.3 Å². The standard InChI is InChI=1S/C21H32N6/c1-2-3-7-17-8-10-18(11-9-17)26-21-19(22)20(24-16-25-21)23-12-15-27-13-5-4-6-14-27/h8-11,16H,2-7,12-15,22H2,1H3,(H2,23,24,25,26). The van der Waals surface area contributed by atoms with Crippen LogP contribution in [0.2, 0.25) is 0 Å². The van der Waals surface area contributed by atoms with Crippen molar-refractivity contribution in [2.45, 2.75) is 45.4 Å². The van der Waals surface area contributed by atoms with E-state index < -0.39 is 0 Å². The highest BCUT2D eigenvalue weighted by molar-refractivity contribution is 5.77. The average Bonchev–Trinajstić information content (AvgIpc) is 2.71. The monoisotopic (exact) mass is 368 g/mol. The summed E-state index contributed by atoms with van der Waals surface area (Å²) in [7, 11) is 0. The van der Waals surface area contributed by atoms with E-state index in [1.54, 1.807) is 6.33 Å². The van der Waals surface area contributed by atoms with Gasteiger partial charge in [0, 0.05) is 18.8 Å². The molecule has 146 valence electrons. The Morgan fingerprint density at radius 2 is 1.78 bits per heavy atom. The second kappa shape index (κ2) is 10.1. The number of aromatic nitrogens is 2. The summed E-state index contributed by atoms with van der Waals surface area (Å²) in [6, 6.07) is 8.48. The number of hydrogen-bond acceptors (Lipinski definition) is 6. The Morgan fingerprint density at radius 1 is 1.04 bits per heavy atom. The Morgan fingerprint density at radius 3 is 2.52 bits per heavy atom. The van der Waals surface area contributed by atoms with Crippen molar-refractivity contribution in [2.75, 3.05) is 42.5 Å². The number of aryl methyl sites for hydroxylation is 1. The predicted molar refractivity (Wildman–Crippen MR) is 114 cm³/mol. The van der Waals surface area contributed by atoms with Crippen LogP contribution in [0.15, 0.2) is 30.6 Å². The molecule has 1 fully saturated rings. The van der Waals surface area contributed by atoms with Gasteiger partial charge in [0.1, 0.15) is 12.0 Å². The SMILES string of the molecule is CCCCc1ccc(Nc2ncnc(NCCN3CCCCC3)c2N)cc1. The molecular formula is C21H32N6. The highest BCUT2D eigenvalue weighted by Crippen LogP contribution is 2.26. The molecule has 1 saturated heterocycles. The van der Waals surface area contributed by atoms with Crippen molar-refractivity contribution in [1.82, 2.24) is 14.9 Å². The van der Waals surface area contributed by atoms with Gasteiger partial charge in [-0.2, -0.15) is 0 Å². The Kier molecular flexibility index (Phi) is 7.27. The molecule has 0 bridgehead atoms. The molecule has 1 aromatic carbocycles. The molecule has 3 rings (SSSR count). The highest BCUT2D eigenvalue weighted by Gasteiger charge is 2.11. The molecule has 2 aromatic rings. The number of nitrogens with two attached hydrogens (primary N) is 1. The first kappa shape index (κ1) is 19.4. The summed E-state index contributed by atoms with van der Waals surface area (Å²) in [6.07, 6.45) is 9.08. The summed E-state index contributed by atoms with van der Waals surface area (Å²) in [4.78, 5) is 11.1. The maximum Gasteiger partial charge on any atom is 0.159 e. The van der Waals surface area contributed by atoms with Crippen molar-refractivity contribution in [3.63, 3.8) is 0 Å². The van der Waals surface area contributed by atoms with E-state index in [-0.39, 0.29) is 0 Å². The zero-order valence-electron chi connectivity index (χ0n) is 16.4. The molecule has 0 aliphatic carbocycles. The minimum Gasteiger partial charge on any atom is -0.393 e. The zero-order chi connectivity index (χ0) is 18.9. The van der Waals surface area contributed by atoms with Crippen molar-refractivity contribution in [2.24, 2.45) is 0 Å². The number of anilines is 4. The summed E-state index contributed by atoms with van der Waals surface area (Å²) < 4.78 is 0. The number of likely N-dealkylation sites (tertiary alicyclic amines) is 1. The Hall–Kier alpha value is -2.34. The fourth-order valence-electron chi connectivity index (χ4n) is 3.42. The highest BCUT2D eigenvalue weighted by atomic mass is 15.2. The van der Waals surface area contributed by atoms with Gasteiger partial charge in [-0.1, -0.05) is 31.9 Å². The van der Waals surface area contributed by atoms with Crippen molar-refractivity contribution in [1.29, 1.82) is 0 Å². The minimum atomic E-state index is 0.561. The van der Waals surface area contributed by atoms with Crippen LogP contribution in [-0.2, 0) is 6.42 Å². The largest absolute Gasteiger partial charge is 0.393 e. The number of hydrogen-bond donors (Lipinski definition) is 3. The van der Waals surface area contributed by atoms with Crippen LogP contribution >= 0.6 is 0 Å². The van der Waals surface area contributed by atoms with Gasteiger partial charge >= 0.3 is 0 Å². The van der Waals surface area contributed by atoms with Crippen LogP contribution in [0.3, 0.4) is 0 Å². The van der Waals surface area contributed by atoms with E-state index in [1.165, 1.54) is 50.8 Å². The second-order valence-electron chi connectivity index (χ2n) is 7.24. The normalized spacial score (nSPS) is 14.9. The van der Waals surface area contributed by atoms with Crippen LogP contribution in [0.4, 0.5) is 23.0 Å². The molecule has 1 aliphatic rings. The first-order valence-electron chi connectivity index (χ1n) is 10.2. The third-order valence-corrected chi connectivity index (χ3v) is 5.09. The molecule has 1 aliphatic heterocycles. The lowest BCUT2D eigenvalue weighted by atomic mass is 10.1. The van der Waals surface area contributed by atoms with Gasteiger partial charge < -0.3 is 21.3 Å². The van der Waals surface area contributed by atoms with E-state index in [1.807, 2.05) is 0 Å². The maximum absolute atomic E-state index is 6.28. The third-order valence-electron chi connectivity index (χ3n) is 5.09. The number of piperidine rings is 1. The molecule has 0 radical (unpaired) electrons. The molecule has 0 amide bonds. The molecule has 4 N–H and O–H groups in total. The smallest absolute Gasteiger partial charge is 0.159 e. The summed E-state index contributed by atoms with van der Waals surface area (Å²) in [6.45, 7) is 6.47. The molecule has 0 spiro atoms. The number of nitrogens with zero attached hydrogens (tertiary/aromatic N) is 3.